The van der Waals surface area contributed by atoms with Gasteiger partial charge in [-0.1, -0.05) is 6.08 Å². The summed E-state index contributed by atoms with van der Waals surface area (Å²) in [6.45, 7) is 0.123. The average Bonchev–Trinajstić information content (AvgIpc) is 1.69. The summed E-state index contributed by atoms with van der Waals surface area (Å²) in [5.74, 6) is 0. The molecule has 0 saturated carbocycles. The number of rotatable bonds is 2. The Bertz CT molecular complexity index is 90.7. The van der Waals surface area contributed by atoms with Crippen LogP contribution in [0.2, 0.25) is 0 Å². The molecule has 0 heterocycles. The number of allylic oxidation sites excluding steroid dienone is 1. The van der Waals surface area contributed by atoms with Crippen LogP contribution < -0.4 is 0 Å². The summed E-state index contributed by atoms with van der Waals surface area (Å²) in [6.07, 6.45) is 3.56. The molecule has 0 fully saturated rings. The first-order chi connectivity index (χ1) is 3.41. The Kier molecular flexibility index (Phi) is 4.59. The molecule has 0 aromatic rings. The molecule has 2 nitrogen and oxygen atoms in total. The Morgan fingerprint density at radius 1 is 1.71 bits per heavy atom. The fourth-order valence-electron chi connectivity index (χ4n) is 0.211. The molecule has 0 bridgehead atoms. The van der Waals surface area contributed by atoms with Crippen molar-refractivity contribution in [3.8, 4) is 6.07 Å². The maximum absolute atomic E-state index is 8.13. The van der Waals surface area contributed by atoms with Crippen LogP contribution in [0.4, 0.5) is 0 Å². The SMILES string of the molecule is N#C/C=C/CCO. The van der Waals surface area contributed by atoms with Crippen LogP contribution in [-0.2, 0) is 0 Å². The molecule has 0 aliphatic carbocycles. The molecule has 0 aliphatic heterocycles. The number of aliphatic hydroxyl groups is 1. The van der Waals surface area contributed by atoms with Crippen LogP contribution in [0.25, 0.3) is 0 Å². The fraction of sp³-hybridized carbons (Fsp3) is 0.400. The number of hydrogen-bond donors (Lipinski definition) is 1. The molecule has 0 aromatic carbocycles. The highest BCUT2D eigenvalue weighted by Gasteiger charge is 1.68. The van der Waals surface area contributed by atoms with Crippen LogP contribution in [0.3, 0.4) is 0 Å². The van der Waals surface area contributed by atoms with Gasteiger partial charge in [-0.25, -0.2) is 0 Å². The molecule has 7 heavy (non-hydrogen) atoms. The summed E-state index contributed by atoms with van der Waals surface area (Å²) >= 11 is 0. The van der Waals surface area contributed by atoms with Crippen molar-refractivity contribution in [3.63, 3.8) is 0 Å². The Morgan fingerprint density at radius 3 is 2.86 bits per heavy atom. The Balaban J connectivity index is 2.97. The maximum Gasteiger partial charge on any atom is 0.0908 e. The van der Waals surface area contributed by atoms with E-state index in [4.69, 9.17) is 10.4 Å². The van der Waals surface area contributed by atoms with Gasteiger partial charge in [0, 0.05) is 12.7 Å². The second kappa shape index (κ2) is 5.19. The minimum absolute atomic E-state index is 0.123. The monoisotopic (exact) mass is 97.1 g/mol. The van der Waals surface area contributed by atoms with Crippen molar-refractivity contribution >= 4 is 0 Å². The highest BCUT2D eigenvalue weighted by atomic mass is 16.2. The van der Waals surface area contributed by atoms with Gasteiger partial charge >= 0.3 is 0 Å². The highest BCUT2D eigenvalue weighted by Crippen LogP contribution is 1.76. The van der Waals surface area contributed by atoms with Gasteiger partial charge in [-0.2, -0.15) is 5.26 Å². The van der Waals surface area contributed by atoms with E-state index in [0.29, 0.717) is 6.42 Å². The molecule has 0 aromatic heterocycles. The van der Waals surface area contributed by atoms with E-state index in [-0.39, 0.29) is 6.61 Å². The van der Waals surface area contributed by atoms with E-state index in [0.717, 1.165) is 0 Å². The molecule has 0 saturated heterocycles. The largest absolute Gasteiger partial charge is 0.396 e. The molecule has 0 radical (unpaired) electrons. The zero-order valence-corrected chi connectivity index (χ0v) is 3.96. The quantitative estimate of drug-likeness (QED) is 0.508. The van der Waals surface area contributed by atoms with Crippen molar-refractivity contribution in [1.29, 1.82) is 5.26 Å². The van der Waals surface area contributed by atoms with Crippen LogP contribution in [0, 0.1) is 11.3 Å². The van der Waals surface area contributed by atoms with Crippen molar-refractivity contribution in [3.05, 3.63) is 12.2 Å². The predicted octanol–water partition coefficient (Wildman–Crippen LogP) is 0.449. The molecule has 0 spiro atoms. The number of aliphatic hydroxyl groups excluding tert-OH is 1. The molecule has 0 amide bonds. The summed E-state index contributed by atoms with van der Waals surface area (Å²) < 4.78 is 0. The third-order valence-electron chi connectivity index (χ3n) is 0.488. The average molecular weight is 97.1 g/mol. The molecule has 0 rings (SSSR count). The number of nitriles is 1. The number of nitrogens with zero attached hydrogens (tertiary/aromatic N) is 1. The lowest BCUT2D eigenvalue weighted by atomic mass is 10.4. The van der Waals surface area contributed by atoms with E-state index >= 15 is 0 Å². The predicted molar refractivity (Wildman–Crippen MR) is 26.5 cm³/mol. The van der Waals surface area contributed by atoms with Crippen molar-refractivity contribution in [2.24, 2.45) is 0 Å². The molecule has 0 atom stereocenters. The summed E-state index contributed by atoms with van der Waals surface area (Å²) in [4.78, 5) is 0. The van der Waals surface area contributed by atoms with Gasteiger partial charge in [0.1, 0.15) is 0 Å². The van der Waals surface area contributed by atoms with Gasteiger partial charge in [0.15, 0.2) is 0 Å². The Labute approximate surface area is 42.7 Å². The van der Waals surface area contributed by atoms with Crippen molar-refractivity contribution in [2.45, 2.75) is 6.42 Å². The fourth-order valence-corrected chi connectivity index (χ4v) is 0.211. The summed E-state index contributed by atoms with van der Waals surface area (Å²) in [5, 5.41) is 16.0. The molecule has 1 N–H and O–H groups in total. The lowest BCUT2D eigenvalue weighted by molar-refractivity contribution is 0.302. The summed E-state index contributed by atoms with van der Waals surface area (Å²) in [5.41, 5.74) is 0. The molecule has 0 aliphatic rings. The first-order valence-corrected chi connectivity index (χ1v) is 2.07. The van der Waals surface area contributed by atoms with Crippen molar-refractivity contribution in [2.75, 3.05) is 6.61 Å². The third-order valence-corrected chi connectivity index (χ3v) is 0.488. The molecule has 38 valence electrons. The zero-order valence-electron chi connectivity index (χ0n) is 3.96. The molecular formula is C5H7NO. The van der Waals surface area contributed by atoms with Gasteiger partial charge in [0.25, 0.3) is 0 Å². The minimum atomic E-state index is 0.123. The van der Waals surface area contributed by atoms with E-state index in [1.54, 1.807) is 6.08 Å². The smallest absolute Gasteiger partial charge is 0.0908 e. The van der Waals surface area contributed by atoms with Crippen LogP contribution in [-0.4, -0.2) is 11.7 Å². The van der Waals surface area contributed by atoms with Crippen molar-refractivity contribution in [1.82, 2.24) is 0 Å². The van der Waals surface area contributed by atoms with E-state index in [9.17, 15) is 0 Å². The first-order valence-electron chi connectivity index (χ1n) is 2.07. The van der Waals surface area contributed by atoms with E-state index < -0.39 is 0 Å². The molecule has 0 unspecified atom stereocenters. The van der Waals surface area contributed by atoms with Gasteiger partial charge in [0.05, 0.1) is 6.07 Å². The topological polar surface area (TPSA) is 44.0 Å². The first kappa shape index (κ1) is 6.19. The van der Waals surface area contributed by atoms with Crippen LogP contribution in [0.15, 0.2) is 12.2 Å². The van der Waals surface area contributed by atoms with E-state index in [1.165, 1.54) is 6.08 Å². The van der Waals surface area contributed by atoms with Gasteiger partial charge in [-0.05, 0) is 6.42 Å². The standard InChI is InChI=1S/C5H7NO/c6-4-2-1-3-5-7/h1-2,7H,3,5H2/b2-1+. The molecule has 2 heteroatoms. The second-order valence-corrected chi connectivity index (χ2v) is 1.04. The minimum Gasteiger partial charge on any atom is -0.396 e. The van der Waals surface area contributed by atoms with Gasteiger partial charge < -0.3 is 5.11 Å². The van der Waals surface area contributed by atoms with Gasteiger partial charge in [-0.3, -0.25) is 0 Å². The normalized spacial score (nSPS) is 9.14. The summed E-state index contributed by atoms with van der Waals surface area (Å²) in [7, 11) is 0. The van der Waals surface area contributed by atoms with Crippen molar-refractivity contribution < 1.29 is 5.11 Å². The maximum atomic E-state index is 8.13. The molecular weight excluding hydrogens is 90.1 g/mol. The lowest BCUT2D eigenvalue weighted by Gasteiger charge is -1.75. The highest BCUT2D eigenvalue weighted by molar-refractivity contribution is 5.01. The van der Waals surface area contributed by atoms with Gasteiger partial charge in [-0.15, -0.1) is 0 Å². The zero-order chi connectivity index (χ0) is 5.54. The lowest BCUT2D eigenvalue weighted by Crippen LogP contribution is -1.73. The third kappa shape index (κ3) is 5.19. The van der Waals surface area contributed by atoms with E-state index in [1.807, 2.05) is 6.07 Å². The van der Waals surface area contributed by atoms with E-state index in [2.05, 4.69) is 0 Å². The second-order valence-electron chi connectivity index (χ2n) is 1.04. The Hall–Kier alpha value is -0.810. The van der Waals surface area contributed by atoms with Gasteiger partial charge in [0.2, 0.25) is 0 Å². The van der Waals surface area contributed by atoms with Crippen LogP contribution in [0.5, 0.6) is 0 Å². The number of hydrogen-bond acceptors (Lipinski definition) is 2. The van der Waals surface area contributed by atoms with Crippen LogP contribution >= 0.6 is 0 Å². The van der Waals surface area contributed by atoms with Crippen LogP contribution in [0.1, 0.15) is 6.42 Å². The summed E-state index contributed by atoms with van der Waals surface area (Å²) in [6, 6.07) is 1.81. The Morgan fingerprint density at radius 2 is 2.43 bits per heavy atom.